The zero-order chi connectivity index (χ0) is 13.1. The summed E-state index contributed by atoms with van der Waals surface area (Å²) in [4.78, 5) is 0. The van der Waals surface area contributed by atoms with Gasteiger partial charge in [-0.1, -0.05) is 13.0 Å². The number of aryl methyl sites for hydroxylation is 1. The molecular weight excluding hydrogens is 267 g/mol. The highest BCUT2D eigenvalue weighted by Crippen LogP contribution is 2.40. The van der Waals surface area contributed by atoms with Crippen LogP contribution in [0.1, 0.15) is 30.6 Å². The highest BCUT2D eigenvalue weighted by Gasteiger charge is 2.32. The zero-order valence-corrected chi connectivity index (χ0v) is 12.4. The molecule has 4 heteroatoms. The van der Waals surface area contributed by atoms with Gasteiger partial charge in [0, 0.05) is 22.0 Å². The molecular formula is C14H19FOS2. The van der Waals surface area contributed by atoms with E-state index in [9.17, 15) is 9.50 Å². The molecule has 2 rings (SSSR count). The van der Waals surface area contributed by atoms with Gasteiger partial charge in [0.05, 0.1) is 6.10 Å². The molecule has 1 aliphatic rings. The van der Waals surface area contributed by atoms with Crippen LogP contribution in [0.2, 0.25) is 0 Å². The van der Waals surface area contributed by atoms with E-state index in [1.807, 2.05) is 30.4 Å². The third kappa shape index (κ3) is 3.03. The molecule has 1 aromatic rings. The molecule has 1 fully saturated rings. The number of thioether (sulfide) groups is 2. The van der Waals surface area contributed by atoms with Crippen molar-refractivity contribution in [2.24, 2.45) is 0 Å². The molecule has 18 heavy (non-hydrogen) atoms. The molecule has 1 heterocycles. The van der Waals surface area contributed by atoms with Crippen LogP contribution < -0.4 is 0 Å². The monoisotopic (exact) mass is 286 g/mol. The summed E-state index contributed by atoms with van der Waals surface area (Å²) in [5.41, 5.74) is 1.71. The number of halogens is 1. The Hall–Kier alpha value is -0.190. The first kappa shape index (κ1) is 14.2. The highest BCUT2D eigenvalue weighted by atomic mass is 32.2. The molecule has 0 amide bonds. The lowest BCUT2D eigenvalue weighted by molar-refractivity contribution is 0.171. The number of hydrogen-bond acceptors (Lipinski definition) is 3. The second-order valence-electron chi connectivity index (χ2n) is 4.60. The van der Waals surface area contributed by atoms with Gasteiger partial charge in [-0.3, -0.25) is 0 Å². The Kier molecular flexibility index (Phi) is 4.98. The van der Waals surface area contributed by atoms with Crippen LogP contribution in [-0.4, -0.2) is 27.1 Å². The molecule has 1 nitrogen and oxygen atoms in total. The smallest absolute Gasteiger partial charge is 0.123 e. The lowest BCUT2D eigenvalue weighted by atomic mass is 9.98. The van der Waals surface area contributed by atoms with Crippen LogP contribution in [0.25, 0.3) is 0 Å². The van der Waals surface area contributed by atoms with Crippen molar-refractivity contribution in [1.82, 2.24) is 0 Å². The summed E-state index contributed by atoms with van der Waals surface area (Å²) in [7, 11) is 0. The number of benzene rings is 1. The maximum atomic E-state index is 13.1. The molecule has 3 atom stereocenters. The normalized spacial score (nSPS) is 26.0. The predicted molar refractivity (Wildman–Crippen MR) is 78.9 cm³/mol. The summed E-state index contributed by atoms with van der Waals surface area (Å²) in [6.07, 6.45) is 0.577. The second-order valence-corrected chi connectivity index (χ2v) is 7.23. The first-order chi connectivity index (χ1) is 8.63. The molecule has 1 N–H and O–H groups in total. The molecule has 0 aliphatic carbocycles. The van der Waals surface area contributed by atoms with Crippen molar-refractivity contribution >= 4 is 23.5 Å². The molecule has 0 spiro atoms. The van der Waals surface area contributed by atoms with Crippen LogP contribution in [0.3, 0.4) is 0 Å². The average Bonchev–Trinajstić information content (AvgIpc) is 2.38. The lowest BCUT2D eigenvalue weighted by Crippen LogP contribution is -2.31. The maximum Gasteiger partial charge on any atom is 0.123 e. The van der Waals surface area contributed by atoms with Crippen LogP contribution in [0.4, 0.5) is 4.39 Å². The summed E-state index contributed by atoms with van der Waals surface area (Å²) in [5, 5.41) is 11.3. The van der Waals surface area contributed by atoms with Crippen LogP contribution >= 0.6 is 23.5 Å². The fraction of sp³-hybridized carbons (Fsp3) is 0.571. The van der Waals surface area contributed by atoms with E-state index in [-0.39, 0.29) is 11.1 Å². The van der Waals surface area contributed by atoms with Gasteiger partial charge >= 0.3 is 0 Å². The minimum absolute atomic E-state index is 0.220. The first-order valence-electron chi connectivity index (χ1n) is 6.30. The van der Waals surface area contributed by atoms with Gasteiger partial charge in [0.1, 0.15) is 5.82 Å². The Morgan fingerprint density at radius 1 is 1.39 bits per heavy atom. The molecule has 0 radical (unpaired) electrons. The topological polar surface area (TPSA) is 20.2 Å². The summed E-state index contributed by atoms with van der Waals surface area (Å²) in [6, 6.07) is 4.66. The van der Waals surface area contributed by atoms with E-state index < -0.39 is 6.10 Å². The molecule has 0 saturated carbocycles. The van der Waals surface area contributed by atoms with Crippen LogP contribution in [0, 0.1) is 12.7 Å². The van der Waals surface area contributed by atoms with E-state index in [1.54, 1.807) is 6.07 Å². The van der Waals surface area contributed by atoms with Gasteiger partial charge in [0.25, 0.3) is 0 Å². The summed E-state index contributed by atoms with van der Waals surface area (Å²) < 4.78 is 13.1. The van der Waals surface area contributed by atoms with Crippen LogP contribution in [-0.2, 0) is 0 Å². The highest BCUT2D eigenvalue weighted by molar-refractivity contribution is 8.07. The molecule has 3 unspecified atom stereocenters. The maximum absolute atomic E-state index is 13.1. The first-order valence-corrected chi connectivity index (χ1v) is 8.40. The van der Waals surface area contributed by atoms with Gasteiger partial charge < -0.3 is 5.11 Å². The van der Waals surface area contributed by atoms with Crippen molar-refractivity contribution in [1.29, 1.82) is 0 Å². The number of hydrogen-bond donors (Lipinski definition) is 1. The quantitative estimate of drug-likeness (QED) is 0.913. The fourth-order valence-electron chi connectivity index (χ4n) is 2.38. The van der Waals surface area contributed by atoms with E-state index in [4.69, 9.17) is 0 Å². The average molecular weight is 286 g/mol. The van der Waals surface area contributed by atoms with Gasteiger partial charge in [-0.05, 0) is 36.6 Å². The summed E-state index contributed by atoms with van der Waals surface area (Å²) in [6.45, 7) is 4.03. The Labute approximate surface area is 117 Å². The largest absolute Gasteiger partial charge is 0.387 e. The van der Waals surface area contributed by atoms with Gasteiger partial charge in [-0.25, -0.2) is 4.39 Å². The van der Waals surface area contributed by atoms with E-state index in [0.717, 1.165) is 29.1 Å². The minimum Gasteiger partial charge on any atom is -0.387 e. The SMILES string of the molecule is CCC1SCCSC1C(O)c1ccc(F)cc1C. The van der Waals surface area contributed by atoms with Crippen LogP contribution in [0.15, 0.2) is 18.2 Å². The molecule has 1 aliphatic heterocycles. The summed E-state index contributed by atoms with van der Waals surface area (Å²) >= 11 is 3.80. The van der Waals surface area contributed by atoms with Crippen molar-refractivity contribution in [3.05, 3.63) is 35.1 Å². The number of aliphatic hydroxyl groups is 1. The Balaban J connectivity index is 2.20. The number of aliphatic hydroxyl groups excluding tert-OH is 1. The van der Waals surface area contributed by atoms with Crippen molar-refractivity contribution in [2.75, 3.05) is 11.5 Å². The van der Waals surface area contributed by atoms with E-state index in [2.05, 4.69) is 6.92 Å². The van der Waals surface area contributed by atoms with Gasteiger partial charge in [-0.2, -0.15) is 23.5 Å². The predicted octanol–water partition coefficient (Wildman–Crippen LogP) is 3.79. The molecule has 0 aromatic heterocycles. The van der Waals surface area contributed by atoms with E-state index in [1.165, 1.54) is 12.1 Å². The third-order valence-electron chi connectivity index (χ3n) is 3.36. The van der Waals surface area contributed by atoms with Crippen molar-refractivity contribution in [3.63, 3.8) is 0 Å². The minimum atomic E-state index is -0.492. The molecule has 100 valence electrons. The zero-order valence-electron chi connectivity index (χ0n) is 10.7. The fourth-order valence-corrected chi connectivity index (χ4v) is 5.50. The second kappa shape index (κ2) is 6.31. The Morgan fingerprint density at radius 2 is 2.11 bits per heavy atom. The van der Waals surface area contributed by atoms with Crippen LogP contribution in [0.5, 0.6) is 0 Å². The van der Waals surface area contributed by atoms with E-state index >= 15 is 0 Å². The van der Waals surface area contributed by atoms with Crippen molar-refractivity contribution < 1.29 is 9.50 Å². The molecule has 1 aromatic carbocycles. The van der Waals surface area contributed by atoms with E-state index in [0.29, 0.717) is 5.25 Å². The molecule has 0 bridgehead atoms. The summed E-state index contributed by atoms with van der Waals surface area (Å²) in [5.74, 6) is 2.01. The Bertz CT molecular complexity index is 411. The molecule has 1 saturated heterocycles. The van der Waals surface area contributed by atoms with Crippen molar-refractivity contribution in [3.8, 4) is 0 Å². The van der Waals surface area contributed by atoms with Crippen molar-refractivity contribution in [2.45, 2.75) is 36.9 Å². The lowest BCUT2D eigenvalue weighted by Gasteiger charge is -2.34. The Morgan fingerprint density at radius 3 is 2.78 bits per heavy atom. The van der Waals surface area contributed by atoms with Gasteiger partial charge in [0.15, 0.2) is 0 Å². The third-order valence-corrected chi connectivity index (χ3v) is 6.69. The number of rotatable bonds is 3. The van der Waals surface area contributed by atoms with Gasteiger partial charge in [0.2, 0.25) is 0 Å². The van der Waals surface area contributed by atoms with Gasteiger partial charge in [-0.15, -0.1) is 0 Å². The standard InChI is InChI=1S/C14H19FOS2/c1-3-12-14(18-7-6-17-12)13(16)11-5-4-10(15)8-9(11)2/h4-5,8,12-14,16H,3,6-7H2,1-2H3.